The second-order valence-electron chi connectivity index (χ2n) is 6.52. The van der Waals surface area contributed by atoms with Gasteiger partial charge in [0.2, 0.25) is 5.75 Å². The van der Waals surface area contributed by atoms with E-state index < -0.39 is 46.4 Å². The van der Waals surface area contributed by atoms with E-state index in [1.54, 1.807) is 0 Å². The molecule has 156 valence electrons. The summed E-state index contributed by atoms with van der Waals surface area (Å²) >= 11 is 0. The molecule has 1 N–H and O–H groups in total. The normalized spacial score (nSPS) is 18.2. The highest BCUT2D eigenvalue weighted by Crippen LogP contribution is 2.32. The van der Waals surface area contributed by atoms with E-state index in [2.05, 4.69) is 5.32 Å². The fourth-order valence-corrected chi connectivity index (χ4v) is 2.96. The van der Waals surface area contributed by atoms with E-state index in [1.165, 1.54) is 38.3 Å². The Balaban J connectivity index is 1.77. The third-order valence-corrected chi connectivity index (χ3v) is 4.57. The van der Waals surface area contributed by atoms with Gasteiger partial charge in [-0.2, -0.15) is 0 Å². The SMILES string of the molecule is COc1ccc(OC(=O)CN2C(=O)NC(C)(c3ccc(F)cc3)C2=O)c([N+](=O)[O-])c1. The number of amides is 3. The summed E-state index contributed by atoms with van der Waals surface area (Å²) in [5, 5.41) is 13.7. The highest BCUT2D eigenvalue weighted by molar-refractivity contribution is 6.08. The van der Waals surface area contributed by atoms with Crippen LogP contribution in [-0.4, -0.2) is 41.4 Å². The molecule has 2 aromatic carbocycles. The number of imide groups is 1. The summed E-state index contributed by atoms with van der Waals surface area (Å²) in [5.74, 6) is -2.50. The Morgan fingerprint density at radius 2 is 1.90 bits per heavy atom. The number of benzene rings is 2. The van der Waals surface area contributed by atoms with Crippen molar-refractivity contribution in [3.63, 3.8) is 0 Å². The van der Waals surface area contributed by atoms with Crippen LogP contribution in [0.5, 0.6) is 11.5 Å². The summed E-state index contributed by atoms with van der Waals surface area (Å²) in [4.78, 5) is 48.4. The van der Waals surface area contributed by atoms with Gasteiger partial charge in [0.05, 0.1) is 18.1 Å². The topological polar surface area (TPSA) is 128 Å². The minimum atomic E-state index is -1.50. The quantitative estimate of drug-likeness (QED) is 0.251. The first kappa shape index (κ1) is 20.7. The Morgan fingerprint density at radius 1 is 1.23 bits per heavy atom. The van der Waals surface area contributed by atoms with Crippen molar-refractivity contribution in [1.29, 1.82) is 0 Å². The average Bonchev–Trinajstić information content (AvgIpc) is 2.92. The van der Waals surface area contributed by atoms with E-state index in [1.807, 2.05) is 0 Å². The van der Waals surface area contributed by atoms with Crippen LogP contribution in [0.25, 0.3) is 0 Å². The van der Waals surface area contributed by atoms with Crippen LogP contribution >= 0.6 is 0 Å². The molecule has 1 atom stereocenters. The van der Waals surface area contributed by atoms with Crippen molar-refractivity contribution in [3.8, 4) is 11.5 Å². The Labute approximate surface area is 169 Å². The first-order chi connectivity index (χ1) is 14.2. The molecule has 1 unspecified atom stereocenters. The van der Waals surface area contributed by atoms with Gasteiger partial charge in [-0.1, -0.05) is 12.1 Å². The largest absolute Gasteiger partial charge is 0.496 e. The number of methoxy groups -OCH3 is 1. The number of halogens is 1. The van der Waals surface area contributed by atoms with E-state index in [-0.39, 0.29) is 11.5 Å². The number of ether oxygens (including phenoxy) is 2. The Bertz CT molecular complexity index is 1040. The van der Waals surface area contributed by atoms with E-state index in [9.17, 15) is 28.9 Å². The zero-order valence-electron chi connectivity index (χ0n) is 15.9. The summed E-state index contributed by atoms with van der Waals surface area (Å²) in [6.45, 7) is 0.644. The maximum Gasteiger partial charge on any atom is 0.331 e. The average molecular weight is 417 g/mol. The lowest BCUT2D eigenvalue weighted by atomic mass is 9.92. The monoisotopic (exact) mass is 417 g/mol. The van der Waals surface area contributed by atoms with Gasteiger partial charge in [-0.15, -0.1) is 0 Å². The molecule has 0 radical (unpaired) electrons. The second kappa shape index (κ2) is 7.78. The van der Waals surface area contributed by atoms with Crippen molar-refractivity contribution in [1.82, 2.24) is 10.2 Å². The van der Waals surface area contributed by atoms with E-state index in [4.69, 9.17) is 9.47 Å². The van der Waals surface area contributed by atoms with Gasteiger partial charge < -0.3 is 14.8 Å². The van der Waals surface area contributed by atoms with Crippen LogP contribution in [0.4, 0.5) is 14.9 Å². The summed E-state index contributed by atoms with van der Waals surface area (Å²) in [6.07, 6.45) is 0. The molecule has 1 saturated heterocycles. The Kier molecular flexibility index (Phi) is 5.37. The molecular weight excluding hydrogens is 401 g/mol. The first-order valence-electron chi connectivity index (χ1n) is 8.59. The lowest BCUT2D eigenvalue weighted by Gasteiger charge is -2.22. The summed E-state index contributed by atoms with van der Waals surface area (Å²) in [6, 6.07) is 7.71. The van der Waals surface area contributed by atoms with Crippen LogP contribution in [0.1, 0.15) is 12.5 Å². The van der Waals surface area contributed by atoms with E-state index in [0.717, 1.165) is 18.2 Å². The molecule has 30 heavy (non-hydrogen) atoms. The summed E-state index contributed by atoms with van der Waals surface area (Å²) < 4.78 is 23.1. The maximum atomic E-state index is 13.2. The molecule has 0 bridgehead atoms. The number of carbonyl (C=O) groups excluding carboxylic acids is 3. The number of carbonyl (C=O) groups is 3. The van der Waals surface area contributed by atoms with Gasteiger partial charge in [-0.05, 0) is 36.8 Å². The molecule has 0 aromatic heterocycles. The number of hydrogen-bond acceptors (Lipinski definition) is 7. The molecular formula is C19H16FN3O7. The minimum absolute atomic E-state index is 0.186. The fourth-order valence-electron chi connectivity index (χ4n) is 2.96. The minimum Gasteiger partial charge on any atom is -0.496 e. The zero-order chi connectivity index (χ0) is 22.1. The van der Waals surface area contributed by atoms with Gasteiger partial charge in [-0.3, -0.25) is 19.8 Å². The zero-order valence-corrected chi connectivity index (χ0v) is 15.9. The summed E-state index contributed by atoms with van der Waals surface area (Å²) in [5.41, 5.74) is -1.70. The van der Waals surface area contributed by atoms with Gasteiger partial charge in [0.1, 0.15) is 23.7 Å². The molecule has 0 aliphatic carbocycles. The third kappa shape index (κ3) is 3.77. The van der Waals surface area contributed by atoms with Gasteiger partial charge in [0, 0.05) is 0 Å². The molecule has 2 aromatic rings. The van der Waals surface area contributed by atoms with Gasteiger partial charge in [-0.25, -0.2) is 14.0 Å². The molecule has 3 amide bonds. The van der Waals surface area contributed by atoms with Gasteiger partial charge in [0.25, 0.3) is 5.91 Å². The third-order valence-electron chi connectivity index (χ3n) is 4.57. The van der Waals surface area contributed by atoms with Crippen molar-refractivity contribution >= 4 is 23.6 Å². The molecule has 11 heteroatoms. The molecule has 1 heterocycles. The highest BCUT2D eigenvalue weighted by atomic mass is 19.1. The number of rotatable bonds is 6. The lowest BCUT2D eigenvalue weighted by Crippen LogP contribution is -2.42. The van der Waals surface area contributed by atoms with Crippen LogP contribution < -0.4 is 14.8 Å². The molecule has 1 aliphatic rings. The van der Waals surface area contributed by atoms with Crippen LogP contribution in [0.3, 0.4) is 0 Å². The number of nitro groups is 1. The van der Waals surface area contributed by atoms with Crippen molar-refractivity contribution in [2.24, 2.45) is 0 Å². The smallest absolute Gasteiger partial charge is 0.331 e. The van der Waals surface area contributed by atoms with Crippen LogP contribution in [-0.2, 0) is 15.1 Å². The van der Waals surface area contributed by atoms with Crippen LogP contribution in [0.2, 0.25) is 0 Å². The van der Waals surface area contributed by atoms with Crippen LogP contribution in [0, 0.1) is 15.9 Å². The maximum absolute atomic E-state index is 13.2. The molecule has 0 saturated carbocycles. The van der Waals surface area contributed by atoms with E-state index >= 15 is 0 Å². The number of esters is 1. The lowest BCUT2D eigenvalue weighted by molar-refractivity contribution is -0.385. The predicted octanol–water partition coefficient (Wildman–Crippen LogP) is 2.12. The highest BCUT2D eigenvalue weighted by Gasteiger charge is 2.49. The van der Waals surface area contributed by atoms with Crippen LogP contribution in [0.15, 0.2) is 42.5 Å². The Hall–Kier alpha value is -4.02. The summed E-state index contributed by atoms with van der Waals surface area (Å²) in [7, 11) is 1.32. The number of urea groups is 1. The molecule has 3 rings (SSSR count). The molecule has 1 aliphatic heterocycles. The van der Waals surface area contributed by atoms with Crippen molar-refractivity contribution in [3.05, 3.63) is 64.0 Å². The van der Waals surface area contributed by atoms with E-state index in [0.29, 0.717) is 10.5 Å². The standard InChI is InChI=1S/C19H16FN3O7/c1-19(11-3-5-12(20)6-4-11)17(25)22(18(26)21-19)10-16(24)30-15-8-7-13(29-2)9-14(15)23(27)28/h3-9H,10H2,1-2H3,(H,21,26). The van der Waals surface area contributed by atoms with Crippen molar-refractivity contribution in [2.75, 3.05) is 13.7 Å². The number of nitrogens with one attached hydrogen (secondary N) is 1. The fraction of sp³-hybridized carbons (Fsp3) is 0.211. The van der Waals surface area contributed by atoms with Gasteiger partial charge in [0.15, 0.2) is 0 Å². The number of nitro benzene ring substituents is 1. The van der Waals surface area contributed by atoms with Crippen molar-refractivity contribution in [2.45, 2.75) is 12.5 Å². The number of hydrogen-bond donors (Lipinski definition) is 1. The van der Waals surface area contributed by atoms with Crippen molar-refractivity contribution < 1.29 is 33.2 Å². The Morgan fingerprint density at radius 3 is 2.50 bits per heavy atom. The molecule has 10 nitrogen and oxygen atoms in total. The second-order valence-corrected chi connectivity index (χ2v) is 6.52. The predicted molar refractivity (Wildman–Crippen MR) is 99.3 cm³/mol. The molecule has 0 spiro atoms. The number of nitrogens with zero attached hydrogens (tertiary/aromatic N) is 2. The molecule has 1 fully saturated rings. The first-order valence-corrected chi connectivity index (χ1v) is 8.59. The van der Waals surface area contributed by atoms with Gasteiger partial charge >= 0.3 is 17.7 Å².